The molecular formula is C29H33N7O3. The summed E-state index contributed by atoms with van der Waals surface area (Å²) in [7, 11) is 0. The normalized spacial score (nSPS) is 19.3. The molecule has 2 aliphatic rings. The van der Waals surface area contributed by atoms with Gasteiger partial charge in [0.25, 0.3) is 17.7 Å². The van der Waals surface area contributed by atoms with Gasteiger partial charge in [-0.2, -0.15) is 0 Å². The summed E-state index contributed by atoms with van der Waals surface area (Å²) in [6.45, 7) is 2.21. The lowest BCUT2D eigenvalue weighted by Crippen LogP contribution is -2.49. The monoisotopic (exact) mass is 527 g/mol. The van der Waals surface area contributed by atoms with Gasteiger partial charge in [0, 0.05) is 68.6 Å². The van der Waals surface area contributed by atoms with Crippen LogP contribution in [0.25, 0.3) is 0 Å². The molecule has 0 spiro atoms. The molecule has 4 N–H and O–H groups in total. The Hall–Kier alpha value is -4.31. The standard InChI is InChI=1S/C29H33N7O3/c30-23-6-8-24(9-7-23)33-27(37)20-5-10-26(25(17-20)34-28(38)21-3-1-11-31-18-21)35-13-15-36(16-14-35)29(39)22-4-2-12-32-19-22/h1-5,10-12,17-19,23-24H,6-9,13-16,30H2,(H,33,37)(H,34,38). The smallest absolute Gasteiger partial charge is 0.257 e. The van der Waals surface area contributed by atoms with Crippen molar-refractivity contribution in [3.63, 3.8) is 0 Å². The van der Waals surface area contributed by atoms with Crippen molar-refractivity contribution < 1.29 is 14.4 Å². The summed E-state index contributed by atoms with van der Waals surface area (Å²) in [5.41, 5.74) is 8.79. The molecule has 0 radical (unpaired) electrons. The van der Waals surface area contributed by atoms with Gasteiger partial charge in [0.05, 0.1) is 22.5 Å². The fourth-order valence-electron chi connectivity index (χ4n) is 5.10. The maximum absolute atomic E-state index is 13.1. The maximum Gasteiger partial charge on any atom is 0.257 e. The number of nitrogens with zero attached hydrogens (tertiary/aromatic N) is 4. The first kappa shape index (κ1) is 26.3. The summed E-state index contributed by atoms with van der Waals surface area (Å²) >= 11 is 0. The van der Waals surface area contributed by atoms with E-state index >= 15 is 0 Å². The number of amides is 3. The molecule has 1 aromatic carbocycles. The summed E-state index contributed by atoms with van der Waals surface area (Å²) in [6.07, 6.45) is 9.84. The zero-order valence-corrected chi connectivity index (χ0v) is 21.8. The molecule has 3 aromatic rings. The van der Waals surface area contributed by atoms with Gasteiger partial charge in [-0.3, -0.25) is 24.4 Å². The van der Waals surface area contributed by atoms with Crippen molar-refractivity contribution in [2.24, 2.45) is 5.73 Å². The zero-order chi connectivity index (χ0) is 27.2. The minimum atomic E-state index is -0.312. The number of piperazine rings is 1. The molecule has 1 aliphatic carbocycles. The third kappa shape index (κ3) is 6.40. The van der Waals surface area contributed by atoms with Crippen molar-refractivity contribution in [3.05, 3.63) is 83.9 Å². The summed E-state index contributed by atoms with van der Waals surface area (Å²) in [6, 6.07) is 12.6. The third-order valence-corrected chi connectivity index (χ3v) is 7.35. The van der Waals surface area contributed by atoms with Gasteiger partial charge in [0.2, 0.25) is 0 Å². The van der Waals surface area contributed by atoms with Crippen LogP contribution in [-0.4, -0.2) is 70.9 Å². The Morgan fingerprint density at radius 1 is 0.795 bits per heavy atom. The number of benzene rings is 1. The number of carbonyl (C=O) groups is 3. The summed E-state index contributed by atoms with van der Waals surface area (Å²) in [4.78, 5) is 51.0. The first-order valence-corrected chi connectivity index (χ1v) is 13.3. The molecule has 5 rings (SSSR count). The highest BCUT2D eigenvalue weighted by Gasteiger charge is 2.26. The van der Waals surface area contributed by atoms with Gasteiger partial charge < -0.3 is 26.2 Å². The molecule has 2 fully saturated rings. The topological polar surface area (TPSA) is 134 Å². The lowest BCUT2D eigenvalue weighted by atomic mass is 9.91. The Morgan fingerprint density at radius 2 is 1.46 bits per heavy atom. The minimum Gasteiger partial charge on any atom is -0.366 e. The molecule has 2 aromatic heterocycles. The Kier molecular flexibility index (Phi) is 8.12. The van der Waals surface area contributed by atoms with Crippen LogP contribution in [0.4, 0.5) is 11.4 Å². The van der Waals surface area contributed by atoms with E-state index in [-0.39, 0.29) is 29.8 Å². The maximum atomic E-state index is 13.1. The van der Waals surface area contributed by atoms with Crippen LogP contribution in [-0.2, 0) is 0 Å². The SMILES string of the molecule is NC1CCC(NC(=O)c2ccc(N3CCN(C(=O)c4cccnc4)CC3)c(NC(=O)c3cccnc3)c2)CC1. The highest BCUT2D eigenvalue weighted by atomic mass is 16.2. The molecule has 10 nitrogen and oxygen atoms in total. The van der Waals surface area contributed by atoms with E-state index in [0.29, 0.717) is 48.6 Å². The van der Waals surface area contributed by atoms with Crippen LogP contribution in [0.5, 0.6) is 0 Å². The average Bonchev–Trinajstić information content (AvgIpc) is 2.99. The highest BCUT2D eigenvalue weighted by Crippen LogP contribution is 2.29. The minimum absolute atomic E-state index is 0.0523. The van der Waals surface area contributed by atoms with Crippen molar-refractivity contribution in [1.29, 1.82) is 0 Å². The number of aromatic nitrogens is 2. The van der Waals surface area contributed by atoms with Crippen molar-refractivity contribution in [2.45, 2.75) is 37.8 Å². The number of carbonyl (C=O) groups excluding carboxylic acids is 3. The molecule has 1 saturated heterocycles. The van der Waals surface area contributed by atoms with E-state index in [1.165, 1.54) is 6.20 Å². The van der Waals surface area contributed by atoms with Gasteiger partial charge >= 0.3 is 0 Å². The number of rotatable bonds is 6. The molecule has 202 valence electrons. The van der Waals surface area contributed by atoms with E-state index in [4.69, 9.17) is 5.73 Å². The van der Waals surface area contributed by atoms with Crippen molar-refractivity contribution >= 4 is 29.1 Å². The Bertz CT molecular complexity index is 1300. The van der Waals surface area contributed by atoms with E-state index in [2.05, 4.69) is 25.5 Å². The van der Waals surface area contributed by atoms with Gasteiger partial charge in [-0.25, -0.2) is 0 Å². The lowest BCUT2D eigenvalue weighted by Gasteiger charge is -2.37. The first-order valence-electron chi connectivity index (χ1n) is 13.3. The van der Waals surface area contributed by atoms with Gasteiger partial charge in [-0.1, -0.05) is 0 Å². The van der Waals surface area contributed by atoms with Gasteiger partial charge in [-0.05, 0) is 68.1 Å². The van der Waals surface area contributed by atoms with Gasteiger partial charge in [0.1, 0.15) is 0 Å². The number of hydrogen-bond donors (Lipinski definition) is 3. The summed E-state index contributed by atoms with van der Waals surface area (Å²) in [5.74, 6) is -0.539. The fourth-order valence-corrected chi connectivity index (χ4v) is 5.10. The van der Waals surface area contributed by atoms with Crippen LogP contribution >= 0.6 is 0 Å². The highest BCUT2D eigenvalue weighted by molar-refractivity contribution is 6.07. The van der Waals surface area contributed by atoms with Crippen LogP contribution in [0.2, 0.25) is 0 Å². The Balaban J connectivity index is 1.33. The third-order valence-electron chi connectivity index (χ3n) is 7.35. The van der Waals surface area contributed by atoms with Crippen LogP contribution in [0.1, 0.15) is 56.8 Å². The fraction of sp³-hybridized carbons (Fsp3) is 0.345. The largest absolute Gasteiger partial charge is 0.366 e. The Morgan fingerprint density at radius 3 is 2.10 bits per heavy atom. The second-order valence-electron chi connectivity index (χ2n) is 10.0. The number of pyridine rings is 2. The van der Waals surface area contributed by atoms with Crippen LogP contribution in [0.15, 0.2) is 67.3 Å². The molecule has 10 heteroatoms. The molecule has 1 aliphatic heterocycles. The summed E-state index contributed by atoms with van der Waals surface area (Å²) < 4.78 is 0. The van der Waals surface area contributed by atoms with Crippen LogP contribution in [0.3, 0.4) is 0 Å². The van der Waals surface area contributed by atoms with E-state index in [0.717, 1.165) is 31.4 Å². The average molecular weight is 528 g/mol. The molecule has 3 heterocycles. The van der Waals surface area contributed by atoms with E-state index in [1.54, 1.807) is 59.9 Å². The molecule has 39 heavy (non-hydrogen) atoms. The van der Waals surface area contributed by atoms with Crippen molar-refractivity contribution in [2.75, 3.05) is 36.4 Å². The zero-order valence-electron chi connectivity index (χ0n) is 21.8. The predicted molar refractivity (Wildman–Crippen MR) is 149 cm³/mol. The van der Waals surface area contributed by atoms with E-state index < -0.39 is 0 Å². The van der Waals surface area contributed by atoms with Crippen molar-refractivity contribution in [3.8, 4) is 0 Å². The number of hydrogen-bond acceptors (Lipinski definition) is 7. The molecule has 1 saturated carbocycles. The first-order chi connectivity index (χ1) is 19.0. The molecule has 0 unspecified atom stereocenters. The second-order valence-corrected chi connectivity index (χ2v) is 10.0. The van der Waals surface area contributed by atoms with E-state index in [9.17, 15) is 14.4 Å². The number of nitrogens with one attached hydrogen (secondary N) is 2. The predicted octanol–water partition coefficient (Wildman–Crippen LogP) is 2.69. The second kappa shape index (κ2) is 12.0. The van der Waals surface area contributed by atoms with Gasteiger partial charge in [0.15, 0.2) is 0 Å². The van der Waals surface area contributed by atoms with Gasteiger partial charge in [-0.15, -0.1) is 0 Å². The molecule has 0 bridgehead atoms. The van der Waals surface area contributed by atoms with Crippen LogP contribution < -0.4 is 21.3 Å². The molecule has 0 atom stereocenters. The summed E-state index contributed by atoms with van der Waals surface area (Å²) in [5, 5.41) is 6.10. The number of nitrogens with two attached hydrogens (primary N) is 1. The molecular weight excluding hydrogens is 494 g/mol. The van der Waals surface area contributed by atoms with Crippen LogP contribution in [0, 0.1) is 0 Å². The number of anilines is 2. The van der Waals surface area contributed by atoms with Crippen molar-refractivity contribution in [1.82, 2.24) is 20.2 Å². The lowest BCUT2D eigenvalue weighted by molar-refractivity contribution is 0.0746. The van der Waals surface area contributed by atoms with E-state index in [1.807, 2.05) is 6.07 Å². The Labute approximate surface area is 227 Å². The molecule has 3 amide bonds. The quantitative estimate of drug-likeness (QED) is 0.449.